The van der Waals surface area contributed by atoms with Gasteiger partial charge in [0.15, 0.2) is 0 Å². The number of hydrogen-bond acceptors (Lipinski definition) is 3. The van der Waals surface area contributed by atoms with Crippen LogP contribution in [0.4, 0.5) is 0 Å². The summed E-state index contributed by atoms with van der Waals surface area (Å²) >= 11 is 1.97. The molecular weight excluding hydrogens is 254 g/mol. The molecule has 3 heteroatoms. The normalized spacial score (nSPS) is 27.1. The van der Waals surface area contributed by atoms with Crippen LogP contribution in [0.1, 0.15) is 38.7 Å². The van der Waals surface area contributed by atoms with Crippen molar-refractivity contribution in [3.05, 3.63) is 29.8 Å². The number of hydrogen-bond donors (Lipinski definition) is 2. The van der Waals surface area contributed by atoms with Crippen LogP contribution < -0.4 is 5.32 Å². The minimum Gasteiger partial charge on any atom is -0.394 e. The van der Waals surface area contributed by atoms with Crippen LogP contribution in [0.3, 0.4) is 0 Å². The summed E-state index contributed by atoms with van der Waals surface area (Å²) in [5, 5.41) is 13.9. The molecule has 106 valence electrons. The van der Waals surface area contributed by atoms with E-state index in [1.54, 1.807) is 0 Å². The molecule has 2 nitrogen and oxygen atoms in total. The van der Waals surface area contributed by atoms with Crippen LogP contribution in [-0.4, -0.2) is 28.5 Å². The van der Waals surface area contributed by atoms with Crippen LogP contribution in [0.15, 0.2) is 29.2 Å². The second-order valence-electron chi connectivity index (χ2n) is 5.99. The second-order valence-corrected chi connectivity index (χ2v) is 7.33. The summed E-state index contributed by atoms with van der Waals surface area (Å²) in [5.41, 5.74) is 1.29. The Morgan fingerprint density at radius 2 is 2.16 bits per heavy atom. The lowest BCUT2D eigenvalue weighted by Crippen LogP contribution is -2.49. The molecule has 0 heterocycles. The van der Waals surface area contributed by atoms with E-state index in [0.717, 1.165) is 12.8 Å². The van der Waals surface area contributed by atoms with E-state index in [2.05, 4.69) is 50.4 Å². The summed E-state index contributed by atoms with van der Waals surface area (Å²) in [6, 6.07) is 8.99. The third-order valence-electron chi connectivity index (χ3n) is 3.85. The zero-order valence-electron chi connectivity index (χ0n) is 12.1. The molecule has 1 aliphatic rings. The smallest absolute Gasteiger partial charge is 0.0613 e. The van der Waals surface area contributed by atoms with E-state index in [9.17, 15) is 5.11 Å². The molecule has 19 heavy (non-hydrogen) atoms. The van der Waals surface area contributed by atoms with Gasteiger partial charge in [0.05, 0.1) is 6.61 Å². The monoisotopic (exact) mass is 279 g/mol. The van der Waals surface area contributed by atoms with Crippen molar-refractivity contribution in [3.8, 4) is 0 Å². The fourth-order valence-corrected chi connectivity index (χ4v) is 4.39. The quantitative estimate of drug-likeness (QED) is 0.867. The Labute approximate surface area is 121 Å². The average Bonchev–Trinajstić information content (AvgIpc) is 2.75. The van der Waals surface area contributed by atoms with Gasteiger partial charge in [0.2, 0.25) is 0 Å². The molecule has 0 amide bonds. The number of nitrogens with one attached hydrogen (secondary N) is 1. The van der Waals surface area contributed by atoms with E-state index in [4.69, 9.17) is 0 Å². The Morgan fingerprint density at radius 3 is 2.79 bits per heavy atom. The number of aryl methyl sites for hydroxylation is 1. The lowest BCUT2D eigenvalue weighted by molar-refractivity contribution is 0.156. The van der Waals surface area contributed by atoms with E-state index in [1.165, 1.54) is 16.9 Å². The predicted molar refractivity (Wildman–Crippen MR) is 82.8 cm³/mol. The van der Waals surface area contributed by atoms with Gasteiger partial charge in [-0.3, -0.25) is 0 Å². The molecule has 2 rings (SSSR count). The third-order valence-corrected chi connectivity index (χ3v) is 5.30. The molecule has 0 aromatic heterocycles. The molecule has 1 aromatic carbocycles. The Bertz CT molecular complexity index is 421. The summed E-state index contributed by atoms with van der Waals surface area (Å²) in [7, 11) is 0. The van der Waals surface area contributed by atoms with Crippen molar-refractivity contribution in [2.24, 2.45) is 0 Å². The first-order chi connectivity index (χ1) is 9.04. The lowest BCUT2D eigenvalue weighted by atomic mass is 9.98. The predicted octanol–water partition coefficient (Wildman–Crippen LogP) is 3.37. The van der Waals surface area contributed by atoms with E-state index in [0.29, 0.717) is 11.3 Å². The van der Waals surface area contributed by atoms with E-state index in [-0.39, 0.29) is 12.1 Å². The minimum absolute atomic E-state index is 0.0610. The molecule has 0 aliphatic heterocycles. The second kappa shape index (κ2) is 6.29. The molecule has 0 saturated heterocycles. The van der Waals surface area contributed by atoms with Gasteiger partial charge in [-0.1, -0.05) is 32.0 Å². The van der Waals surface area contributed by atoms with Crippen LogP contribution in [0, 0.1) is 6.92 Å². The maximum absolute atomic E-state index is 9.73. The van der Waals surface area contributed by atoms with Crippen molar-refractivity contribution in [2.45, 2.75) is 61.8 Å². The molecule has 2 atom stereocenters. The maximum atomic E-state index is 9.73. The van der Waals surface area contributed by atoms with Crippen LogP contribution >= 0.6 is 11.8 Å². The molecule has 0 spiro atoms. The number of thioether (sulfide) groups is 1. The van der Waals surface area contributed by atoms with Gasteiger partial charge >= 0.3 is 0 Å². The zero-order chi connectivity index (χ0) is 13.9. The maximum Gasteiger partial charge on any atom is 0.0613 e. The highest BCUT2D eigenvalue weighted by Gasteiger charge is 2.39. The largest absolute Gasteiger partial charge is 0.394 e. The molecule has 1 aromatic rings. The van der Waals surface area contributed by atoms with Gasteiger partial charge in [-0.25, -0.2) is 0 Å². The number of benzene rings is 1. The van der Waals surface area contributed by atoms with Crippen molar-refractivity contribution in [2.75, 3.05) is 6.61 Å². The van der Waals surface area contributed by atoms with Crippen LogP contribution in [0.5, 0.6) is 0 Å². The van der Waals surface area contributed by atoms with Crippen LogP contribution in [-0.2, 0) is 0 Å². The first-order valence-corrected chi connectivity index (χ1v) is 8.03. The highest BCUT2D eigenvalue weighted by atomic mass is 32.2. The Kier molecular flexibility index (Phi) is 4.93. The van der Waals surface area contributed by atoms with Gasteiger partial charge in [0.25, 0.3) is 0 Å². The van der Waals surface area contributed by atoms with Crippen molar-refractivity contribution < 1.29 is 5.11 Å². The number of aliphatic hydroxyl groups is 1. The van der Waals surface area contributed by atoms with E-state index in [1.807, 2.05) is 11.8 Å². The molecular formula is C16H25NOS. The molecule has 1 saturated carbocycles. The first-order valence-electron chi connectivity index (χ1n) is 7.15. The van der Waals surface area contributed by atoms with Gasteiger partial charge in [-0.2, -0.15) is 0 Å². The van der Waals surface area contributed by atoms with Crippen molar-refractivity contribution in [1.82, 2.24) is 5.32 Å². The Morgan fingerprint density at radius 1 is 1.42 bits per heavy atom. The van der Waals surface area contributed by atoms with E-state index < -0.39 is 0 Å². The highest BCUT2D eigenvalue weighted by Crippen LogP contribution is 2.41. The molecule has 0 radical (unpaired) electrons. The fraction of sp³-hybridized carbons (Fsp3) is 0.625. The third kappa shape index (κ3) is 3.74. The van der Waals surface area contributed by atoms with Crippen LogP contribution in [0.25, 0.3) is 0 Å². The summed E-state index contributed by atoms with van der Waals surface area (Å²) in [6.45, 7) is 6.72. The van der Waals surface area contributed by atoms with Crippen molar-refractivity contribution in [3.63, 3.8) is 0 Å². The highest BCUT2D eigenvalue weighted by molar-refractivity contribution is 8.00. The van der Waals surface area contributed by atoms with Crippen LogP contribution in [0.2, 0.25) is 0 Å². The molecule has 0 bridgehead atoms. The zero-order valence-corrected chi connectivity index (χ0v) is 13.0. The van der Waals surface area contributed by atoms with E-state index >= 15 is 0 Å². The molecule has 2 N–H and O–H groups in total. The average molecular weight is 279 g/mol. The summed E-state index contributed by atoms with van der Waals surface area (Å²) in [6.07, 6.45) is 3.31. The summed E-state index contributed by atoms with van der Waals surface area (Å²) < 4.78 is 0. The fourth-order valence-electron chi connectivity index (χ4n) is 2.98. The van der Waals surface area contributed by atoms with Gasteiger partial charge in [0, 0.05) is 21.7 Å². The first kappa shape index (κ1) is 14.9. The topological polar surface area (TPSA) is 32.3 Å². The summed E-state index contributed by atoms with van der Waals surface area (Å²) in [5.74, 6) is 0. The van der Waals surface area contributed by atoms with Gasteiger partial charge in [0.1, 0.15) is 0 Å². The summed E-state index contributed by atoms with van der Waals surface area (Å²) in [4.78, 5) is 1.38. The molecule has 1 fully saturated rings. The lowest BCUT2D eigenvalue weighted by Gasteiger charge is -2.31. The Hall–Kier alpha value is -0.510. The van der Waals surface area contributed by atoms with Gasteiger partial charge < -0.3 is 10.4 Å². The standard InChI is InChI=1S/C16H25NOS/c1-12(2)17-16(11-18)9-8-14(10-16)19-15-7-5-4-6-13(15)3/h4-7,12,14,17-18H,8-11H2,1-3H3. The number of aliphatic hydroxyl groups excluding tert-OH is 1. The molecule has 2 unspecified atom stereocenters. The Balaban J connectivity index is 2.00. The SMILES string of the molecule is Cc1ccccc1SC1CCC(CO)(NC(C)C)C1. The van der Waals surface area contributed by atoms with Gasteiger partial charge in [-0.15, -0.1) is 11.8 Å². The molecule has 1 aliphatic carbocycles. The van der Waals surface area contributed by atoms with Crippen molar-refractivity contribution in [1.29, 1.82) is 0 Å². The van der Waals surface area contributed by atoms with Gasteiger partial charge in [-0.05, 0) is 37.8 Å². The van der Waals surface area contributed by atoms with Crippen molar-refractivity contribution >= 4 is 11.8 Å². The minimum atomic E-state index is -0.0610. The number of rotatable bonds is 5.